The summed E-state index contributed by atoms with van der Waals surface area (Å²) in [7, 11) is 7.37. The van der Waals surface area contributed by atoms with Crippen LogP contribution in [0.1, 0.15) is 92.7 Å². The first-order valence-electron chi connectivity index (χ1n) is 21.3. The summed E-state index contributed by atoms with van der Waals surface area (Å²) < 4.78 is 5.60. The quantitative estimate of drug-likeness (QED) is 0.0730. The Bertz CT molecular complexity index is 1560. The number of benzene rings is 2. The molecule has 1 heterocycles. The molecule has 2 aromatic carbocycles. The van der Waals surface area contributed by atoms with Gasteiger partial charge in [0.25, 0.3) is 12.4 Å². The summed E-state index contributed by atoms with van der Waals surface area (Å²) in [5, 5.41) is 14.1. The van der Waals surface area contributed by atoms with E-state index in [1.165, 1.54) is 7.05 Å². The van der Waals surface area contributed by atoms with Gasteiger partial charge < -0.3 is 51.3 Å². The summed E-state index contributed by atoms with van der Waals surface area (Å²) in [5.41, 5.74) is 15.9. The van der Waals surface area contributed by atoms with Gasteiger partial charge in [0.15, 0.2) is 0 Å². The van der Waals surface area contributed by atoms with Gasteiger partial charge in [-0.15, -0.1) is 0 Å². The lowest BCUT2D eigenvalue weighted by molar-refractivity contribution is -0.147. The van der Waals surface area contributed by atoms with Crippen molar-refractivity contribution >= 4 is 50.3 Å². The number of carbonyl (C=O) groups is 4. The molecule has 0 bridgehead atoms. The Labute approximate surface area is 374 Å². The zero-order valence-corrected chi connectivity index (χ0v) is 40.1. The van der Waals surface area contributed by atoms with Crippen molar-refractivity contribution in [1.82, 2.24) is 20.4 Å². The minimum Gasteiger partial charge on any atom is -0.483 e. The first-order valence-corrected chi connectivity index (χ1v) is 21.3. The highest BCUT2D eigenvalue weighted by Gasteiger charge is 2.42. The summed E-state index contributed by atoms with van der Waals surface area (Å²) >= 11 is 0. The molecule has 0 saturated carbocycles. The third kappa shape index (κ3) is 21.7. The number of nitrogens with zero attached hydrogens (tertiary/aromatic N) is 4. The van der Waals surface area contributed by atoms with Gasteiger partial charge in [-0.3, -0.25) is 19.6 Å². The van der Waals surface area contributed by atoms with Crippen LogP contribution in [0.4, 0.5) is 0 Å². The number of likely N-dealkylation sites (N-methyl/N-ethyl adjacent to an activating group) is 1. The van der Waals surface area contributed by atoms with Gasteiger partial charge in [-0.1, -0.05) is 110 Å². The molecule has 0 aliphatic carbocycles. The molecule has 7 N–H and O–H groups in total. The van der Waals surface area contributed by atoms with E-state index in [2.05, 4.69) is 128 Å². The van der Waals surface area contributed by atoms with E-state index in [0.29, 0.717) is 18.5 Å². The zero-order valence-electron chi connectivity index (χ0n) is 40.1. The van der Waals surface area contributed by atoms with Crippen molar-refractivity contribution in [3.63, 3.8) is 0 Å². The van der Waals surface area contributed by atoms with E-state index in [1.807, 2.05) is 53.2 Å². The van der Waals surface area contributed by atoms with Gasteiger partial charge in [-0.2, -0.15) is 0 Å². The number of nitrogens with one attached hydrogen (secondary N) is 2. The Morgan fingerprint density at radius 3 is 1.66 bits per heavy atom. The topological polar surface area (TPSA) is 205 Å². The average molecular weight is 867 g/mol. The fourth-order valence-corrected chi connectivity index (χ4v) is 6.51. The van der Waals surface area contributed by atoms with Crippen LogP contribution in [0.2, 0.25) is 0 Å². The van der Waals surface area contributed by atoms with Crippen LogP contribution < -0.4 is 22.1 Å². The second-order valence-corrected chi connectivity index (χ2v) is 15.1. The highest BCUT2D eigenvalue weighted by Crippen LogP contribution is 2.32. The zero-order chi connectivity index (χ0) is 48.4. The lowest BCUT2D eigenvalue weighted by Gasteiger charge is -2.33. The monoisotopic (exact) mass is 867 g/mol. The summed E-state index contributed by atoms with van der Waals surface area (Å²) in [6.45, 7) is 29.0. The standard InChI is InChI=1S/C38H56N6O2.C5H11NO.C2H6.CH5N.CH2O2.CH2O/c1-11-12-33(43(8)9)22-41-35(24-39-6)31-17-13-29(14-18-31)30-15-19-32(20-16-30)36(25-40-7)42-23-34-21-27(4)28(5)44(34)38(45)37(46-10)26(2)3;1-4(2)5(6)3-7;2*1-2;2-1-3;1-2/h13-20,24-28,33-34,37,41-42H,6-7,11-12,21-23H2,1-5,8-10H3;3-5H,6H2,1-2H3;1-2H3;2H2,1H3;1H,(H,2,3);1H2/b35-24-,36-25-;;;;;/t27-,28+,33?,34?,37?;;;;;/m1...../s1. The number of methoxy groups -OCH3 is 1. The number of rotatable bonds is 19. The third-order valence-corrected chi connectivity index (χ3v) is 10.2. The van der Waals surface area contributed by atoms with Gasteiger partial charge in [0.1, 0.15) is 19.2 Å². The highest BCUT2D eigenvalue weighted by atomic mass is 16.5. The van der Waals surface area contributed by atoms with E-state index >= 15 is 0 Å². The number of aldehydes is 1. The van der Waals surface area contributed by atoms with Crippen LogP contribution in [0, 0.1) is 17.8 Å². The molecule has 2 aromatic rings. The molecule has 14 nitrogen and oxygen atoms in total. The molecule has 1 amide bonds. The number of hydrogen-bond donors (Lipinski definition) is 5. The van der Waals surface area contributed by atoms with Gasteiger partial charge in [0, 0.05) is 50.7 Å². The first-order chi connectivity index (χ1) is 29.6. The fraction of sp³-hybridized carbons (Fsp3) is 0.542. The molecule has 6 atom stereocenters. The Balaban J connectivity index is -0.00000188. The maximum absolute atomic E-state index is 13.5. The molecule has 4 unspecified atom stereocenters. The van der Waals surface area contributed by atoms with Gasteiger partial charge >= 0.3 is 0 Å². The molecular weight excluding hydrogens is 785 g/mol. The van der Waals surface area contributed by atoms with Gasteiger partial charge in [0.05, 0.1) is 17.4 Å². The molecule has 0 spiro atoms. The molecular formula is C48H82N8O6. The number of carboxylic acid groups (broad SMARTS) is 1. The highest BCUT2D eigenvalue weighted by molar-refractivity contribution is 5.82. The van der Waals surface area contributed by atoms with Crippen LogP contribution in [0.15, 0.2) is 70.9 Å². The summed E-state index contributed by atoms with van der Waals surface area (Å²) in [6, 6.07) is 17.3. The minimum atomic E-state index is -0.444. The molecule has 350 valence electrons. The largest absolute Gasteiger partial charge is 0.483 e. The van der Waals surface area contributed by atoms with E-state index in [0.717, 1.165) is 65.7 Å². The van der Waals surface area contributed by atoms with E-state index in [-0.39, 0.29) is 42.3 Å². The van der Waals surface area contributed by atoms with Crippen molar-refractivity contribution in [2.24, 2.45) is 39.2 Å². The van der Waals surface area contributed by atoms with E-state index < -0.39 is 6.10 Å². The second-order valence-electron chi connectivity index (χ2n) is 15.1. The summed E-state index contributed by atoms with van der Waals surface area (Å²) in [5.74, 6) is 0.854. The Hall–Kier alpha value is -5.02. The molecule has 0 aromatic heterocycles. The molecule has 62 heavy (non-hydrogen) atoms. The van der Waals surface area contributed by atoms with Gasteiger partial charge in [-0.05, 0) is 94.4 Å². The number of hydrogen-bond acceptors (Lipinski definition) is 12. The third-order valence-electron chi connectivity index (χ3n) is 10.2. The smallest absolute Gasteiger partial charge is 0.290 e. The molecule has 1 fully saturated rings. The van der Waals surface area contributed by atoms with Crippen LogP contribution in [0.3, 0.4) is 0 Å². The van der Waals surface area contributed by atoms with Crippen molar-refractivity contribution in [2.45, 2.75) is 112 Å². The molecule has 1 saturated heterocycles. The SMILES string of the molecule is C=N/C=C(\NCC(CCC)N(C)C)c1ccc(-c2ccc(/C(=C/N=C)NCC3C[C@@H](C)[C@H](C)N3C(=O)C(OC)C(C)C)cc2)cc1.C=O.CC.CC(C)C(N)C=O.CN.O=CO. The van der Waals surface area contributed by atoms with Gasteiger partial charge in [-0.25, -0.2) is 0 Å². The van der Waals surface area contributed by atoms with Crippen molar-refractivity contribution in [3.05, 3.63) is 72.1 Å². The summed E-state index contributed by atoms with van der Waals surface area (Å²) in [6.07, 6.45) is 7.07. The number of carbonyl (C=O) groups excluding carboxylic acids is 3. The molecule has 14 heteroatoms. The average Bonchev–Trinajstić information content (AvgIpc) is 3.57. The predicted molar refractivity (Wildman–Crippen MR) is 261 cm³/mol. The van der Waals surface area contributed by atoms with Crippen molar-refractivity contribution < 1.29 is 29.0 Å². The normalized spacial score (nSPS) is 17.0. The van der Waals surface area contributed by atoms with Crippen LogP contribution in [-0.4, -0.2) is 125 Å². The van der Waals surface area contributed by atoms with E-state index in [4.69, 9.17) is 25.2 Å². The van der Waals surface area contributed by atoms with Crippen molar-refractivity contribution in [1.29, 1.82) is 0 Å². The fourth-order valence-electron chi connectivity index (χ4n) is 6.51. The number of aliphatic imine (C=N–C) groups is 2. The van der Waals surface area contributed by atoms with Crippen LogP contribution in [-0.2, 0) is 23.9 Å². The second kappa shape index (κ2) is 36.6. The minimum absolute atomic E-state index is 0.0602. The van der Waals surface area contributed by atoms with Crippen LogP contribution >= 0.6 is 0 Å². The van der Waals surface area contributed by atoms with Gasteiger partial charge in [0.2, 0.25) is 0 Å². The van der Waals surface area contributed by atoms with Crippen molar-refractivity contribution in [3.8, 4) is 11.1 Å². The lowest BCUT2D eigenvalue weighted by Crippen LogP contribution is -2.50. The molecule has 3 rings (SSSR count). The Morgan fingerprint density at radius 2 is 1.34 bits per heavy atom. The maximum Gasteiger partial charge on any atom is 0.290 e. The lowest BCUT2D eigenvalue weighted by atomic mass is 10.0. The molecule has 0 radical (unpaired) electrons. The Kier molecular flexibility index (Phi) is 36.2. The predicted octanol–water partition coefficient (Wildman–Crippen LogP) is 6.84. The number of likely N-dealkylation sites (tertiary alicyclic amines) is 1. The molecule has 1 aliphatic heterocycles. The van der Waals surface area contributed by atoms with Crippen LogP contribution in [0.25, 0.3) is 22.5 Å². The molecule has 1 aliphatic rings. The van der Waals surface area contributed by atoms with Crippen LogP contribution in [0.5, 0.6) is 0 Å². The van der Waals surface area contributed by atoms with E-state index in [1.54, 1.807) is 19.5 Å². The van der Waals surface area contributed by atoms with E-state index in [9.17, 15) is 9.59 Å². The Morgan fingerprint density at radius 1 is 0.903 bits per heavy atom. The summed E-state index contributed by atoms with van der Waals surface area (Å²) in [4.78, 5) is 52.1. The number of amides is 1. The number of nitrogens with two attached hydrogens (primary N) is 2. The first kappa shape index (κ1) is 61.3. The number of ether oxygens (including phenoxy) is 1. The maximum atomic E-state index is 13.5. The van der Waals surface area contributed by atoms with Crippen molar-refractivity contribution in [2.75, 3.05) is 41.3 Å².